The summed E-state index contributed by atoms with van der Waals surface area (Å²) in [5.41, 5.74) is 15.4. The van der Waals surface area contributed by atoms with Crippen molar-refractivity contribution >= 4 is 23.7 Å². The van der Waals surface area contributed by atoms with Gasteiger partial charge in [0.15, 0.2) is 5.96 Å². The molecule has 3 amide bonds. The second kappa shape index (κ2) is 8.85. The van der Waals surface area contributed by atoms with Crippen LogP contribution in [0.15, 0.2) is 4.99 Å². The second-order valence-corrected chi connectivity index (χ2v) is 5.19. The van der Waals surface area contributed by atoms with Gasteiger partial charge in [-0.15, -0.1) is 0 Å². The van der Waals surface area contributed by atoms with E-state index in [0.717, 1.165) is 6.42 Å². The van der Waals surface area contributed by atoms with Gasteiger partial charge in [-0.3, -0.25) is 19.4 Å². The molecule has 0 aromatic heterocycles. The molecule has 0 bridgehead atoms. The van der Waals surface area contributed by atoms with E-state index in [1.54, 1.807) is 4.90 Å². The topological polar surface area (TPSA) is 157 Å². The van der Waals surface area contributed by atoms with E-state index >= 15 is 0 Å². The maximum Gasteiger partial charge on any atom is 0.243 e. The van der Waals surface area contributed by atoms with Crippen LogP contribution in [-0.4, -0.2) is 54.3 Å². The lowest BCUT2D eigenvalue weighted by Gasteiger charge is -2.23. The number of nitrogens with two attached hydrogens (primary N) is 3. The van der Waals surface area contributed by atoms with Crippen molar-refractivity contribution in [1.82, 2.24) is 10.2 Å². The number of nitrogens with zero attached hydrogens (tertiary/aromatic N) is 2. The van der Waals surface area contributed by atoms with Crippen molar-refractivity contribution in [2.24, 2.45) is 22.2 Å². The Hall–Kier alpha value is -2.32. The van der Waals surface area contributed by atoms with Crippen LogP contribution in [0.4, 0.5) is 0 Å². The first-order valence-corrected chi connectivity index (χ1v) is 7.32. The summed E-state index contributed by atoms with van der Waals surface area (Å²) in [4.78, 5) is 40.2. The van der Waals surface area contributed by atoms with E-state index in [2.05, 4.69) is 10.3 Å². The third-order valence-corrected chi connectivity index (χ3v) is 3.41. The lowest BCUT2D eigenvalue weighted by Crippen LogP contribution is -2.47. The van der Waals surface area contributed by atoms with E-state index in [-0.39, 0.29) is 24.3 Å². The molecule has 1 fully saturated rings. The van der Waals surface area contributed by atoms with Crippen LogP contribution in [-0.2, 0) is 14.4 Å². The van der Waals surface area contributed by atoms with Gasteiger partial charge in [0.1, 0.15) is 6.04 Å². The smallest absolute Gasteiger partial charge is 0.243 e. The van der Waals surface area contributed by atoms with Gasteiger partial charge in [0.05, 0.1) is 6.54 Å². The zero-order valence-corrected chi connectivity index (χ0v) is 12.6. The predicted molar refractivity (Wildman–Crippen MR) is 81.5 cm³/mol. The van der Waals surface area contributed by atoms with Gasteiger partial charge in [0, 0.05) is 19.5 Å². The first kappa shape index (κ1) is 17.7. The molecule has 1 rings (SSSR count). The fourth-order valence-corrected chi connectivity index (χ4v) is 2.37. The van der Waals surface area contributed by atoms with Crippen LogP contribution in [0.2, 0.25) is 0 Å². The summed E-state index contributed by atoms with van der Waals surface area (Å²) in [6.45, 7) is 0.829. The molecule has 0 aromatic carbocycles. The number of nitrogens with one attached hydrogen (secondary N) is 1. The first-order chi connectivity index (χ1) is 10.4. The molecular formula is C13H24N6O3. The van der Waals surface area contributed by atoms with E-state index in [1.807, 2.05) is 0 Å². The highest BCUT2D eigenvalue weighted by Crippen LogP contribution is 2.19. The van der Waals surface area contributed by atoms with Gasteiger partial charge in [-0.05, 0) is 25.7 Å². The molecule has 7 N–H and O–H groups in total. The van der Waals surface area contributed by atoms with Gasteiger partial charge in [0.2, 0.25) is 17.7 Å². The van der Waals surface area contributed by atoms with Crippen molar-refractivity contribution in [3.8, 4) is 0 Å². The summed E-state index contributed by atoms with van der Waals surface area (Å²) < 4.78 is 0. The Morgan fingerprint density at radius 3 is 2.55 bits per heavy atom. The van der Waals surface area contributed by atoms with Crippen LogP contribution in [0, 0.1) is 0 Å². The van der Waals surface area contributed by atoms with Crippen LogP contribution in [0.3, 0.4) is 0 Å². The summed E-state index contributed by atoms with van der Waals surface area (Å²) in [5.74, 6) is -0.965. The molecule has 1 heterocycles. The van der Waals surface area contributed by atoms with Gasteiger partial charge >= 0.3 is 0 Å². The SMILES string of the molecule is NC(=O)CNC(=O)[C@@H]1CCCN1C(=O)CCCCN=C(N)N. The molecule has 9 heteroatoms. The Kier molecular flexibility index (Phi) is 7.14. The zero-order chi connectivity index (χ0) is 16.5. The quantitative estimate of drug-likeness (QED) is 0.232. The third kappa shape index (κ3) is 5.98. The van der Waals surface area contributed by atoms with Crippen LogP contribution >= 0.6 is 0 Å². The molecule has 9 nitrogen and oxygen atoms in total. The van der Waals surface area contributed by atoms with Crippen LogP contribution in [0.5, 0.6) is 0 Å². The van der Waals surface area contributed by atoms with Crippen molar-refractivity contribution in [3.63, 3.8) is 0 Å². The second-order valence-electron chi connectivity index (χ2n) is 5.19. The maximum absolute atomic E-state index is 12.2. The molecular weight excluding hydrogens is 288 g/mol. The molecule has 1 saturated heterocycles. The predicted octanol–water partition coefficient (Wildman–Crippen LogP) is -1.98. The van der Waals surface area contributed by atoms with E-state index in [9.17, 15) is 14.4 Å². The summed E-state index contributed by atoms with van der Waals surface area (Å²) in [7, 11) is 0. The molecule has 1 atom stereocenters. The minimum Gasteiger partial charge on any atom is -0.370 e. The number of carbonyl (C=O) groups is 3. The zero-order valence-electron chi connectivity index (χ0n) is 12.6. The third-order valence-electron chi connectivity index (χ3n) is 3.41. The maximum atomic E-state index is 12.2. The largest absolute Gasteiger partial charge is 0.370 e. The number of unbranched alkanes of at least 4 members (excludes halogenated alkanes) is 1. The highest BCUT2D eigenvalue weighted by molar-refractivity contribution is 5.90. The number of carbonyl (C=O) groups excluding carboxylic acids is 3. The van der Waals surface area contributed by atoms with Gasteiger partial charge in [-0.2, -0.15) is 0 Å². The van der Waals surface area contributed by atoms with E-state index < -0.39 is 11.9 Å². The molecule has 124 valence electrons. The summed E-state index contributed by atoms with van der Waals surface area (Å²) >= 11 is 0. The average molecular weight is 312 g/mol. The number of rotatable bonds is 8. The fraction of sp³-hybridized carbons (Fsp3) is 0.692. The lowest BCUT2D eigenvalue weighted by atomic mass is 10.1. The van der Waals surface area contributed by atoms with E-state index in [0.29, 0.717) is 38.8 Å². The normalized spacial score (nSPS) is 17.1. The van der Waals surface area contributed by atoms with Gasteiger partial charge in [-0.1, -0.05) is 0 Å². The molecule has 1 aliphatic rings. The van der Waals surface area contributed by atoms with Crippen LogP contribution in [0.25, 0.3) is 0 Å². The van der Waals surface area contributed by atoms with E-state index in [4.69, 9.17) is 17.2 Å². The molecule has 1 aliphatic heterocycles. The van der Waals surface area contributed by atoms with Crippen molar-refractivity contribution in [3.05, 3.63) is 0 Å². The first-order valence-electron chi connectivity index (χ1n) is 7.32. The van der Waals surface area contributed by atoms with Crippen LogP contribution in [0.1, 0.15) is 32.1 Å². The highest BCUT2D eigenvalue weighted by Gasteiger charge is 2.33. The lowest BCUT2D eigenvalue weighted by molar-refractivity contribution is -0.138. The fourth-order valence-electron chi connectivity index (χ4n) is 2.37. The van der Waals surface area contributed by atoms with Gasteiger partial charge < -0.3 is 27.4 Å². The van der Waals surface area contributed by atoms with Crippen molar-refractivity contribution < 1.29 is 14.4 Å². The Balaban J connectivity index is 2.38. The Bertz CT molecular complexity index is 447. The summed E-state index contributed by atoms with van der Waals surface area (Å²) in [5, 5.41) is 2.44. The Morgan fingerprint density at radius 2 is 1.91 bits per heavy atom. The average Bonchev–Trinajstić information content (AvgIpc) is 2.93. The molecule has 22 heavy (non-hydrogen) atoms. The number of hydrogen-bond acceptors (Lipinski definition) is 4. The molecule has 0 aliphatic carbocycles. The molecule has 0 radical (unpaired) electrons. The minimum atomic E-state index is -0.607. The number of aliphatic imine (C=N–C) groups is 1. The van der Waals surface area contributed by atoms with Crippen molar-refractivity contribution in [2.45, 2.75) is 38.1 Å². The number of amides is 3. The molecule has 0 aromatic rings. The van der Waals surface area contributed by atoms with Crippen LogP contribution < -0.4 is 22.5 Å². The molecule has 0 unspecified atom stereocenters. The van der Waals surface area contributed by atoms with E-state index in [1.165, 1.54) is 0 Å². The summed E-state index contributed by atoms with van der Waals surface area (Å²) in [6.07, 6.45) is 3.08. The Labute approximate surface area is 129 Å². The van der Waals surface area contributed by atoms with Crippen molar-refractivity contribution in [2.75, 3.05) is 19.6 Å². The standard InChI is InChI=1S/C13H24N6O3/c14-10(20)8-18-12(22)9-4-3-7-19(9)11(21)5-1-2-6-17-13(15)16/h9H,1-8H2,(H2,14,20)(H,18,22)(H4,15,16,17)/t9-/m0/s1. The Morgan fingerprint density at radius 1 is 1.18 bits per heavy atom. The van der Waals surface area contributed by atoms with Crippen molar-refractivity contribution in [1.29, 1.82) is 0 Å². The number of hydrogen-bond donors (Lipinski definition) is 4. The summed E-state index contributed by atoms with van der Waals surface area (Å²) in [6, 6.07) is -0.510. The highest BCUT2D eigenvalue weighted by atomic mass is 16.2. The minimum absolute atomic E-state index is 0.0389. The molecule has 0 spiro atoms. The molecule has 0 saturated carbocycles. The van der Waals surface area contributed by atoms with Gasteiger partial charge in [0.25, 0.3) is 0 Å². The monoisotopic (exact) mass is 312 g/mol. The number of likely N-dealkylation sites (tertiary alicyclic amines) is 1. The number of primary amides is 1. The number of guanidine groups is 1. The van der Waals surface area contributed by atoms with Gasteiger partial charge in [-0.25, -0.2) is 0 Å².